The summed E-state index contributed by atoms with van der Waals surface area (Å²) >= 11 is 0. The van der Waals surface area contributed by atoms with Crippen LogP contribution in [0.4, 0.5) is 0 Å². The molecular formula is C14H32O3. The molecule has 0 bridgehead atoms. The third-order valence-electron chi connectivity index (χ3n) is 2.50. The number of aliphatic hydroxyl groups excluding tert-OH is 1. The highest BCUT2D eigenvalue weighted by Crippen LogP contribution is 2.07. The van der Waals surface area contributed by atoms with Crippen molar-refractivity contribution in [2.75, 3.05) is 34.0 Å². The molecule has 17 heavy (non-hydrogen) atoms. The van der Waals surface area contributed by atoms with E-state index in [0.29, 0.717) is 19.8 Å². The van der Waals surface area contributed by atoms with Gasteiger partial charge in [0.05, 0.1) is 13.2 Å². The van der Waals surface area contributed by atoms with Crippen LogP contribution in [-0.4, -0.2) is 39.1 Å². The van der Waals surface area contributed by atoms with Crippen molar-refractivity contribution in [2.24, 2.45) is 0 Å². The summed E-state index contributed by atoms with van der Waals surface area (Å²) in [6, 6.07) is 0. The lowest BCUT2D eigenvalue weighted by Gasteiger charge is -1.98. The van der Waals surface area contributed by atoms with Crippen LogP contribution in [0, 0.1) is 0 Å². The molecule has 0 aliphatic heterocycles. The van der Waals surface area contributed by atoms with Crippen LogP contribution in [0.25, 0.3) is 0 Å². The van der Waals surface area contributed by atoms with Crippen LogP contribution in [0.1, 0.15) is 58.3 Å². The van der Waals surface area contributed by atoms with E-state index in [0.717, 1.165) is 6.42 Å². The van der Waals surface area contributed by atoms with Gasteiger partial charge in [-0.3, -0.25) is 0 Å². The van der Waals surface area contributed by atoms with E-state index in [4.69, 9.17) is 5.11 Å². The van der Waals surface area contributed by atoms with Gasteiger partial charge < -0.3 is 14.6 Å². The van der Waals surface area contributed by atoms with Gasteiger partial charge in [0.25, 0.3) is 0 Å². The van der Waals surface area contributed by atoms with Crippen molar-refractivity contribution in [3.05, 3.63) is 0 Å². The molecule has 3 nitrogen and oxygen atoms in total. The lowest BCUT2D eigenvalue weighted by atomic mass is 10.1. The summed E-state index contributed by atoms with van der Waals surface area (Å²) in [6.07, 6.45) is 10.4. The average Bonchev–Trinajstić information content (AvgIpc) is 2.36. The first kappa shape index (κ1) is 19.2. The van der Waals surface area contributed by atoms with E-state index in [2.05, 4.69) is 16.4 Å². The molecule has 0 aliphatic rings. The van der Waals surface area contributed by atoms with E-state index in [-0.39, 0.29) is 0 Å². The first-order chi connectivity index (χ1) is 8.33. The van der Waals surface area contributed by atoms with E-state index >= 15 is 0 Å². The van der Waals surface area contributed by atoms with Gasteiger partial charge in [-0.1, -0.05) is 51.9 Å². The third-order valence-corrected chi connectivity index (χ3v) is 2.50. The van der Waals surface area contributed by atoms with Crippen LogP contribution in [0.15, 0.2) is 0 Å². The summed E-state index contributed by atoms with van der Waals surface area (Å²) < 4.78 is 9.31. The molecule has 0 radical (unpaired) electrons. The molecule has 0 atom stereocenters. The number of hydrogen-bond donors (Lipinski definition) is 1. The molecule has 0 rings (SSSR count). The minimum absolute atomic E-state index is 0.370. The van der Waals surface area contributed by atoms with Gasteiger partial charge in [-0.15, -0.1) is 0 Å². The maximum absolute atomic E-state index is 8.51. The van der Waals surface area contributed by atoms with E-state index in [9.17, 15) is 0 Å². The fraction of sp³-hybridized carbons (Fsp3) is 1.00. The molecule has 0 saturated heterocycles. The van der Waals surface area contributed by atoms with Crippen LogP contribution < -0.4 is 0 Å². The Bertz CT molecular complexity index is 95.6. The molecule has 0 spiro atoms. The van der Waals surface area contributed by atoms with Crippen molar-refractivity contribution in [3.63, 3.8) is 0 Å². The molecule has 0 amide bonds. The van der Waals surface area contributed by atoms with Crippen LogP contribution >= 0.6 is 0 Å². The van der Waals surface area contributed by atoms with Crippen molar-refractivity contribution in [1.29, 1.82) is 0 Å². The maximum atomic E-state index is 8.51. The highest BCUT2D eigenvalue weighted by molar-refractivity contribution is 4.44. The average molecular weight is 248 g/mol. The molecule has 0 saturated carbocycles. The monoisotopic (exact) mass is 248 g/mol. The normalized spacial score (nSPS) is 9.88. The second-order valence-electron chi connectivity index (χ2n) is 4.18. The first-order valence-electron chi connectivity index (χ1n) is 6.92. The Morgan fingerprint density at radius 2 is 1.12 bits per heavy atom. The van der Waals surface area contributed by atoms with Gasteiger partial charge in [-0.25, -0.2) is 0 Å². The van der Waals surface area contributed by atoms with Crippen LogP contribution in [-0.2, 0) is 9.47 Å². The first-order valence-corrected chi connectivity index (χ1v) is 6.92. The standard InChI is InChI=1S/C10H22O.C4H10O2/c1-2-3-4-5-6-7-8-9-10-11;1-5-3-4-6-2/h11H,2-10H2,1H3;3-4H2,1-2H3. The van der Waals surface area contributed by atoms with Crippen LogP contribution in [0.5, 0.6) is 0 Å². The molecule has 106 valence electrons. The van der Waals surface area contributed by atoms with Gasteiger partial charge in [-0.05, 0) is 6.42 Å². The highest BCUT2D eigenvalue weighted by atomic mass is 16.5. The molecule has 1 N–H and O–H groups in total. The van der Waals surface area contributed by atoms with E-state index in [1.165, 1.54) is 44.9 Å². The van der Waals surface area contributed by atoms with Crippen molar-refractivity contribution in [1.82, 2.24) is 0 Å². The van der Waals surface area contributed by atoms with Gasteiger partial charge in [-0.2, -0.15) is 0 Å². The van der Waals surface area contributed by atoms with Gasteiger partial charge >= 0.3 is 0 Å². The second kappa shape index (κ2) is 21.2. The predicted octanol–water partition coefficient (Wildman–Crippen LogP) is 3.40. The lowest BCUT2D eigenvalue weighted by Crippen LogP contribution is -1.96. The van der Waals surface area contributed by atoms with Gasteiger partial charge in [0.2, 0.25) is 0 Å². The molecule has 3 heteroatoms. The molecule has 0 aromatic rings. The minimum Gasteiger partial charge on any atom is -0.396 e. The Kier molecular flexibility index (Phi) is 24.0. The summed E-state index contributed by atoms with van der Waals surface area (Å²) in [7, 11) is 3.30. The second-order valence-corrected chi connectivity index (χ2v) is 4.18. The molecule has 0 aliphatic carbocycles. The topological polar surface area (TPSA) is 38.7 Å². The van der Waals surface area contributed by atoms with Gasteiger partial charge in [0.1, 0.15) is 0 Å². The molecule has 0 unspecified atom stereocenters. The number of methoxy groups -OCH3 is 2. The number of ether oxygens (including phenoxy) is 2. The Balaban J connectivity index is 0. The SMILES string of the molecule is CCCCCCCCCCO.COCCOC. The van der Waals surface area contributed by atoms with Crippen molar-refractivity contribution >= 4 is 0 Å². The summed E-state index contributed by atoms with van der Waals surface area (Å²) in [5.41, 5.74) is 0. The van der Waals surface area contributed by atoms with Crippen molar-refractivity contribution < 1.29 is 14.6 Å². The summed E-state index contributed by atoms with van der Waals surface area (Å²) in [5.74, 6) is 0. The van der Waals surface area contributed by atoms with E-state index in [1.807, 2.05) is 0 Å². The number of aliphatic hydroxyl groups is 1. The number of unbranched alkanes of at least 4 members (excludes halogenated alkanes) is 7. The van der Waals surface area contributed by atoms with E-state index in [1.54, 1.807) is 14.2 Å². The summed E-state index contributed by atoms with van der Waals surface area (Å²) in [6.45, 7) is 3.99. The highest BCUT2D eigenvalue weighted by Gasteiger charge is 1.89. The third kappa shape index (κ3) is 25.8. The van der Waals surface area contributed by atoms with Crippen molar-refractivity contribution in [3.8, 4) is 0 Å². The largest absolute Gasteiger partial charge is 0.396 e. The number of hydrogen-bond acceptors (Lipinski definition) is 3. The molecule has 0 aromatic heterocycles. The molecule has 0 aromatic carbocycles. The fourth-order valence-corrected chi connectivity index (χ4v) is 1.41. The number of rotatable bonds is 11. The molecular weight excluding hydrogens is 216 g/mol. The minimum atomic E-state index is 0.370. The lowest BCUT2D eigenvalue weighted by molar-refractivity contribution is 0.103. The Labute approximate surface area is 108 Å². The van der Waals surface area contributed by atoms with E-state index < -0.39 is 0 Å². The Hall–Kier alpha value is -0.120. The summed E-state index contributed by atoms with van der Waals surface area (Å²) in [4.78, 5) is 0. The molecule has 0 heterocycles. The fourth-order valence-electron chi connectivity index (χ4n) is 1.41. The predicted molar refractivity (Wildman–Crippen MR) is 73.4 cm³/mol. The van der Waals surface area contributed by atoms with Gasteiger partial charge in [0.15, 0.2) is 0 Å². The summed E-state index contributed by atoms with van der Waals surface area (Å²) in [5, 5.41) is 8.51. The van der Waals surface area contributed by atoms with Crippen LogP contribution in [0.3, 0.4) is 0 Å². The Morgan fingerprint density at radius 1 is 0.706 bits per heavy atom. The Morgan fingerprint density at radius 3 is 1.47 bits per heavy atom. The quantitative estimate of drug-likeness (QED) is 0.570. The van der Waals surface area contributed by atoms with Gasteiger partial charge in [0, 0.05) is 20.8 Å². The smallest absolute Gasteiger partial charge is 0.0696 e. The maximum Gasteiger partial charge on any atom is 0.0696 e. The zero-order valence-corrected chi connectivity index (χ0v) is 12.0. The zero-order chi connectivity index (χ0) is 13.2. The zero-order valence-electron chi connectivity index (χ0n) is 12.0. The van der Waals surface area contributed by atoms with Crippen molar-refractivity contribution in [2.45, 2.75) is 58.3 Å². The van der Waals surface area contributed by atoms with Crippen LogP contribution in [0.2, 0.25) is 0 Å². The molecule has 0 fully saturated rings.